The Kier molecular flexibility index (Phi) is 6.32. The fourth-order valence-electron chi connectivity index (χ4n) is 3.93. The summed E-state index contributed by atoms with van der Waals surface area (Å²) in [6.07, 6.45) is 2.75. The number of sulfonamides is 1. The molecule has 0 aliphatic rings. The highest BCUT2D eigenvalue weighted by Gasteiger charge is 2.19. The zero-order valence-corrected chi connectivity index (χ0v) is 21.1. The smallest absolute Gasteiger partial charge is 0.263 e. The van der Waals surface area contributed by atoms with E-state index in [9.17, 15) is 13.2 Å². The number of nitrogens with one attached hydrogen (secondary N) is 1. The molecule has 0 fully saturated rings. The van der Waals surface area contributed by atoms with Gasteiger partial charge in [0, 0.05) is 29.3 Å². The first-order valence-corrected chi connectivity index (χ1v) is 12.6. The molecule has 0 saturated heterocycles. The molecule has 3 aromatic heterocycles. The highest BCUT2D eigenvalue weighted by Crippen LogP contribution is 2.35. The zero-order valence-electron chi connectivity index (χ0n) is 19.5. The highest BCUT2D eigenvalue weighted by molar-refractivity contribution is 7.92. The average molecular weight is 539 g/mol. The van der Waals surface area contributed by atoms with Gasteiger partial charge in [-0.05, 0) is 48.0 Å². The van der Waals surface area contributed by atoms with Gasteiger partial charge in [0.15, 0.2) is 5.82 Å². The Labute approximate surface area is 216 Å². The number of pyridine rings is 2. The Morgan fingerprint density at radius 2 is 1.84 bits per heavy atom. The van der Waals surface area contributed by atoms with E-state index in [1.54, 1.807) is 36.4 Å². The third kappa shape index (κ3) is 4.61. The summed E-state index contributed by atoms with van der Waals surface area (Å²) in [5, 5.41) is 4.54. The summed E-state index contributed by atoms with van der Waals surface area (Å²) in [6, 6.07) is 15.7. The van der Waals surface area contributed by atoms with E-state index in [1.165, 1.54) is 55.5 Å². The lowest BCUT2D eigenvalue weighted by Crippen LogP contribution is -2.18. The lowest BCUT2D eigenvalue weighted by Gasteiger charge is -2.16. The van der Waals surface area contributed by atoms with Gasteiger partial charge in [0.1, 0.15) is 12.0 Å². The molecule has 188 valence electrons. The van der Waals surface area contributed by atoms with Crippen LogP contribution in [0.4, 0.5) is 5.82 Å². The van der Waals surface area contributed by atoms with Crippen LogP contribution in [0, 0.1) is 0 Å². The van der Waals surface area contributed by atoms with Crippen molar-refractivity contribution in [1.29, 1.82) is 0 Å². The van der Waals surface area contributed by atoms with Gasteiger partial charge in [-0.15, -0.1) is 0 Å². The van der Waals surface area contributed by atoms with Crippen molar-refractivity contribution in [3.05, 3.63) is 88.5 Å². The van der Waals surface area contributed by atoms with E-state index in [2.05, 4.69) is 19.4 Å². The largest absolute Gasteiger partial charge is 0.495 e. The van der Waals surface area contributed by atoms with E-state index in [0.29, 0.717) is 44.4 Å². The van der Waals surface area contributed by atoms with Crippen LogP contribution in [0.2, 0.25) is 5.02 Å². The number of benzene rings is 2. The van der Waals surface area contributed by atoms with Gasteiger partial charge in [0.25, 0.3) is 15.6 Å². The molecule has 0 radical (unpaired) electrons. The summed E-state index contributed by atoms with van der Waals surface area (Å²) in [5.74, 6) is 0.842. The second kappa shape index (κ2) is 9.60. The van der Waals surface area contributed by atoms with Crippen molar-refractivity contribution in [2.75, 3.05) is 18.9 Å². The number of aromatic nitrogens is 3. The maximum Gasteiger partial charge on any atom is 0.263 e. The molecule has 0 unspecified atom stereocenters. The minimum Gasteiger partial charge on any atom is -0.495 e. The lowest BCUT2D eigenvalue weighted by atomic mass is 10.1. The molecule has 0 aliphatic heterocycles. The maximum absolute atomic E-state index is 13.0. The molecule has 37 heavy (non-hydrogen) atoms. The maximum atomic E-state index is 13.0. The van der Waals surface area contributed by atoms with Crippen molar-refractivity contribution >= 4 is 38.3 Å². The summed E-state index contributed by atoms with van der Waals surface area (Å²) in [4.78, 5) is 17.2. The summed E-state index contributed by atoms with van der Waals surface area (Å²) < 4.78 is 45.1. The molecule has 0 bridgehead atoms. The van der Waals surface area contributed by atoms with E-state index < -0.39 is 10.0 Å². The molecular formula is C25H19ClN4O6S. The molecule has 12 heteroatoms. The first-order valence-electron chi connectivity index (χ1n) is 10.8. The molecule has 5 aromatic rings. The predicted molar refractivity (Wildman–Crippen MR) is 138 cm³/mol. The molecule has 0 spiro atoms. The van der Waals surface area contributed by atoms with Crippen molar-refractivity contribution < 1.29 is 22.4 Å². The van der Waals surface area contributed by atoms with Gasteiger partial charge in [0.2, 0.25) is 5.88 Å². The van der Waals surface area contributed by atoms with Crippen LogP contribution in [0.25, 0.3) is 27.7 Å². The highest BCUT2D eigenvalue weighted by atomic mass is 35.5. The van der Waals surface area contributed by atoms with Crippen LogP contribution in [0.1, 0.15) is 0 Å². The summed E-state index contributed by atoms with van der Waals surface area (Å²) >= 11 is 6.14. The van der Waals surface area contributed by atoms with Gasteiger partial charge >= 0.3 is 0 Å². The number of hydrogen-bond donors (Lipinski definition) is 1. The van der Waals surface area contributed by atoms with Crippen molar-refractivity contribution in [1.82, 2.24) is 14.7 Å². The fraction of sp³-hybridized carbons (Fsp3) is 0.0800. The molecular weight excluding hydrogens is 520 g/mol. The Balaban J connectivity index is 1.62. The van der Waals surface area contributed by atoms with Crippen LogP contribution in [0.3, 0.4) is 0 Å². The van der Waals surface area contributed by atoms with Crippen molar-refractivity contribution in [2.45, 2.75) is 4.90 Å². The van der Waals surface area contributed by atoms with Crippen LogP contribution < -0.4 is 19.8 Å². The molecule has 0 aliphatic carbocycles. The van der Waals surface area contributed by atoms with Gasteiger partial charge < -0.3 is 14.0 Å². The van der Waals surface area contributed by atoms with Crippen molar-refractivity contribution in [3.63, 3.8) is 0 Å². The minimum atomic E-state index is -3.93. The molecule has 1 N–H and O–H groups in total. The van der Waals surface area contributed by atoms with Gasteiger partial charge in [-0.3, -0.25) is 14.1 Å². The number of fused-ring (bicyclic) bond motifs is 1. The minimum absolute atomic E-state index is 0.00365. The number of ether oxygens (including phenoxy) is 2. The molecule has 3 heterocycles. The van der Waals surface area contributed by atoms with Crippen molar-refractivity contribution in [2.24, 2.45) is 0 Å². The van der Waals surface area contributed by atoms with Crippen molar-refractivity contribution in [3.8, 4) is 28.4 Å². The third-order valence-electron chi connectivity index (χ3n) is 5.60. The summed E-state index contributed by atoms with van der Waals surface area (Å²) in [7, 11) is -0.932. The van der Waals surface area contributed by atoms with Crippen LogP contribution in [0.5, 0.6) is 11.6 Å². The SMILES string of the molecule is COc1cc(-c2cc(Cl)cnc2OC)ccc1-n1c(=O)ccc2cc(S(=O)(=O)Nc3ccon3)ccc21. The van der Waals surface area contributed by atoms with E-state index in [-0.39, 0.29) is 16.3 Å². The number of anilines is 1. The third-order valence-corrected chi connectivity index (χ3v) is 7.15. The fourth-order valence-corrected chi connectivity index (χ4v) is 5.11. The van der Waals surface area contributed by atoms with Crippen LogP contribution in [-0.2, 0) is 10.0 Å². The van der Waals surface area contributed by atoms with E-state index in [1.807, 2.05) is 0 Å². The Bertz CT molecular complexity index is 1790. The van der Waals surface area contributed by atoms with E-state index >= 15 is 0 Å². The van der Waals surface area contributed by atoms with Crippen LogP contribution in [-0.4, -0.2) is 37.3 Å². The lowest BCUT2D eigenvalue weighted by molar-refractivity contribution is 0.399. The Morgan fingerprint density at radius 1 is 1.00 bits per heavy atom. The number of hydrogen-bond acceptors (Lipinski definition) is 8. The second-order valence-electron chi connectivity index (χ2n) is 7.81. The number of halogens is 1. The standard InChI is InChI=1S/C25H19ClN4O6S/c1-34-22-12-15(19-13-17(26)14-27-25(19)35-2)3-6-21(22)30-20-7-5-18(11-16(20)4-8-24(30)31)37(32,33)29-23-9-10-36-28-23/h3-14H,1-2H3,(H,28,29). The zero-order chi connectivity index (χ0) is 26.2. The molecule has 0 amide bonds. The summed E-state index contributed by atoms with van der Waals surface area (Å²) in [6.45, 7) is 0. The van der Waals surface area contributed by atoms with Gasteiger partial charge in [-0.2, -0.15) is 0 Å². The van der Waals surface area contributed by atoms with Gasteiger partial charge in [0.05, 0.1) is 35.3 Å². The monoisotopic (exact) mass is 538 g/mol. The van der Waals surface area contributed by atoms with Crippen LogP contribution >= 0.6 is 11.6 Å². The molecule has 2 aromatic carbocycles. The Hall–Kier alpha value is -4.35. The average Bonchev–Trinajstić information content (AvgIpc) is 3.40. The normalized spacial score (nSPS) is 11.4. The molecule has 0 atom stereocenters. The second-order valence-corrected chi connectivity index (χ2v) is 9.93. The molecule has 10 nitrogen and oxygen atoms in total. The number of rotatable bonds is 7. The number of nitrogens with zero attached hydrogens (tertiary/aromatic N) is 3. The Morgan fingerprint density at radius 3 is 2.57 bits per heavy atom. The molecule has 5 rings (SSSR count). The first kappa shape index (κ1) is 24.3. The van der Waals surface area contributed by atoms with Gasteiger partial charge in [-0.25, -0.2) is 13.4 Å². The first-order chi connectivity index (χ1) is 17.8. The summed E-state index contributed by atoms with van der Waals surface area (Å²) in [5.41, 5.74) is 2.00. The van der Waals surface area contributed by atoms with E-state index in [4.69, 9.17) is 21.1 Å². The topological polar surface area (TPSA) is 126 Å². The van der Waals surface area contributed by atoms with E-state index in [0.717, 1.165) is 0 Å². The van der Waals surface area contributed by atoms with Crippen LogP contribution in [0.15, 0.2) is 87.3 Å². The van der Waals surface area contributed by atoms with Gasteiger partial charge in [-0.1, -0.05) is 22.8 Å². The predicted octanol–water partition coefficient (Wildman–Crippen LogP) is 4.51. The molecule has 0 saturated carbocycles. The number of methoxy groups -OCH3 is 2. The quantitative estimate of drug-likeness (QED) is 0.321.